The number of nitrogens with zero attached hydrogens (tertiary/aromatic N) is 2. The van der Waals surface area contributed by atoms with Gasteiger partial charge in [-0.15, -0.1) is 0 Å². The van der Waals surface area contributed by atoms with Gasteiger partial charge in [0, 0.05) is 12.1 Å². The van der Waals surface area contributed by atoms with Crippen LogP contribution in [0.3, 0.4) is 0 Å². The maximum atomic E-state index is 12.2. The fraction of sp³-hybridized carbons (Fsp3) is 0.467. The second kappa shape index (κ2) is 5.97. The lowest BCUT2D eigenvalue weighted by Crippen LogP contribution is -2.42. The minimum absolute atomic E-state index is 0.130. The van der Waals surface area contributed by atoms with Gasteiger partial charge in [0.25, 0.3) is 5.91 Å². The number of hydrogen-bond donors (Lipinski definition) is 1. The van der Waals surface area contributed by atoms with Gasteiger partial charge in [0.15, 0.2) is 0 Å². The van der Waals surface area contributed by atoms with Gasteiger partial charge in [-0.25, -0.2) is 8.42 Å². The summed E-state index contributed by atoms with van der Waals surface area (Å²) in [4.78, 5) is 12.2. The van der Waals surface area contributed by atoms with Gasteiger partial charge < -0.3 is 5.32 Å². The molecule has 1 aliphatic heterocycles. The molecule has 7 heteroatoms. The molecular weight excluding hydrogens is 302 g/mol. The minimum Gasteiger partial charge on any atom is -0.334 e. The van der Waals surface area contributed by atoms with Crippen LogP contribution in [0, 0.1) is 11.3 Å². The third-order valence-corrected chi connectivity index (χ3v) is 5.32. The number of sulfonamides is 1. The van der Waals surface area contributed by atoms with Crippen molar-refractivity contribution in [2.45, 2.75) is 32.2 Å². The van der Waals surface area contributed by atoms with Crippen molar-refractivity contribution in [1.82, 2.24) is 5.32 Å². The summed E-state index contributed by atoms with van der Waals surface area (Å²) in [5.41, 5.74) is -0.159. The van der Waals surface area contributed by atoms with E-state index in [2.05, 4.69) is 5.32 Å². The standard InChI is InChI=1S/C15H19N3O3S/c1-15(2,11-16)17-14(19)12-6-5-7-13(10-12)18-8-3-4-9-22(18,20)21/h5-7,10H,3-4,8-9H2,1-2H3,(H,17,19). The molecule has 6 nitrogen and oxygen atoms in total. The van der Waals surface area contributed by atoms with Crippen LogP contribution < -0.4 is 9.62 Å². The smallest absolute Gasteiger partial charge is 0.252 e. The monoisotopic (exact) mass is 321 g/mol. The van der Waals surface area contributed by atoms with Crippen LogP contribution in [0.15, 0.2) is 24.3 Å². The average Bonchev–Trinajstić information content (AvgIpc) is 2.46. The van der Waals surface area contributed by atoms with Crippen LogP contribution in [0.1, 0.15) is 37.0 Å². The molecule has 1 fully saturated rings. The maximum absolute atomic E-state index is 12.2. The quantitative estimate of drug-likeness (QED) is 0.916. The van der Waals surface area contributed by atoms with Gasteiger partial charge in [-0.05, 0) is 44.9 Å². The summed E-state index contributed by atoms with van der Waals surface area (Å²) >= 11 is 0. The zero-order valence-corrected chi connectivity index (χ0v) is 13.5. The summed E-state index contributed by atoms with van der Waals surface area (Å²) in [5, 5.41) is 11.6. The Bertz CT molecular complexity index is 720. The molecule has 0 radical (unpaired) electrons. The van der Waals surface area contributed by atoms with Crippen LogP contribution in [-0.4, -0.2) is 32.2 Å². The highest BCUT2D eigenvalue weighted by Crippen LogP contribution is 2.24. The van der Waals surface area contributed by atoms with Crippen LogP contribution in [0.25, 0.3) is 0 Å². The second-order valence-corrected chi connectivity index (χ2v) is 7.85. The lowest BCUT2D eigenvalue weighted by atomic mass is 10.1. The molecule has 1 heterocycles. The van der Waals surface area contributed by atoms with Gasteiger partial charge in [0.05, 0.1) is 17.5 Å². The minimum atomic E-state index is -3.31. The normalized spacial score (nSPS) is 17.6. The number of benzene rings is 1. The molecule has 0 atom stereocenters. The van der Waals surface area contributed by atoms with Crippen molar-refractivity contribution in [3.8, 4) is 6.07 Å². The molecule has 0 spiro atoms. The number of anilines is 1. The fourth-order valence-electron chi connectivity index (χ4n) is 2.27. The number of nitriles is 1. The van der Waals surface area contributed by atoms with Crippen LogP contribution in [0.5, 0.6) is 0 Å². The Labute approximate surface area is 130 Å². The molecule has 0 saturated carbocycles. The Morgan fingerprint density at radius 1 is 1.36 bits per heavy atom. The van der Waals surface area contributed by atoms with Crippen LogP contribution in [0.2, 0.25) is 0 Å². The molecule has 2 rings (SSSR count). The number of rotatable bonds is 3. The zero-order valence-electron chi connectivity index (χ0n) is 12.7. The fourth-order valence-corrected chi connectivity index (χ4v) is 3.90. The van der Waals surface area contributed by atoms with Crippen molar-refractivity contribution in [2.75, 3.05) is 16.6 Å². The summed E-state index contributed by atoms with van der Waals surface area (Å²) in [6, 6.07) is 8.46. The van der Waals surface area contributed by atoms with E-state index in [1.165, 1.54) is 4.31 Å². The average molecular weight is 321 g/mol. The summed E-state index contributed by atoms with van der Waals surface area (Å²) < 4.78 is 25.6. The van der Waals surface area contributed by atoms with E-state index in [0.717, 1.165) is 6.42 Å². The highest BCUT2D eigenvalue weighted by Gasteiger charge is 2.27. The third-order valence-electron chi connectivity index (χ3n) is 3.45. The topological polar surface area (TPSA) is 90.3 Å². The van der Waals surface area contributed by atoms with Crippen LogP contribution >= 0.6 is 0 Å². The highest BCUT2D eigenvalue weighted by atomic mass is 32.2. The van der Waals surface area contributed by atoms with Gasteiger partial charge in [0.1, 0.15) is 5.54 Å². The summed E-state index contributed by atoms with van der Waals surface area (Å²) in [6.07, 6.45) is 1.46. The molecule has 1 aromatic carbocycles. The molecule has 1 saturated heterocycles. The van der Waals surface area contributed by atoms with Gasteiger partial charge in [0.2, 0.25) is 10.0 Å². The predicted octanol–water partition coefficient (Wildman–Crippen LogP) is 1.65. The number of hydrogen-bond acceptors (Lipinski definition) is 4. The molecule has 0 aliphatic carbocycles. The predicted molar refractivity (Wildman–Crippen MR) is 84.0 cm³/mol. The summed E-state index contributed by atoms with van der Waals surface area (Å²) in [7, 11) is -3.31. The Balaban J connectivity index is 2.27. The lowest BCUT2D eigenvalue weighted by molar-refractivity contribution is 0.0929. The van der Waals surface area contributed by atoms with Crippen molar-refractivity contribution in [2.24, 2.45) is 0 Å². The largest absolute Gasteiger partial charge is 0.334 e. The van der Waals surface area contributed by atoms with Crippen molar-refractivity contribution < 1.29 is 13.2 Å². The van der Waals surface area contributed by atoms with Gasteiger partial charge in [-0.1, -0.05) is 6.07 Å². The summed E-state index contributed by atoms with van der Waals surface area (Å²) in [5.74, 6) is -0.270. The van der Waals surface area contributed by atoms with E-state index in [1.807, 2.05) is 6.07 Å². The van der Waals surface area contributed by atoms with E-state index in [9.17, 15) is 13.2 Å². The van der Waals surface area contributed by atoms with E-state index in [4.69, 9.17) is 5.26 Å². The van der Waals surface area contributed by atoms with Crippen LogP contribution in [0.4, 0.5) is 5.69 Å². The first-order valence-corrected chi connectivity index (χ1v) is 8.70. The highest BCUT2D eigenvalue weighted by molar-refractivity contribution is 7.92. The zero-order chi connectivity index (χ0) is 16.4. The van der Waals surface area contributed by atoms with E-state index < -0.39 is 21.5 Å². The van der Waals surface area contributed by atoms with E-state index in [-0.39, 0.29) is 5.75 Å². The molecule has 1 N–H and O–H groups in total. The summed E-state index contributed by atoms with van der Waals surface area (Å²) in [6.45, 7) is 3.63. The van der Waals surface area contributed by atoms with Gasteiger partial charge >= 0.3 is 0 Å². The molecule has 1 aromatic rings. The molecule has 0 bridgehead atoms. The first kappa shape index (κ1) is 16.3. The van der Waals surface area contributed by atoms with Gasteiger partial charge in [-0.2, -0.15) is 5.26 Å². The van der Waals surface area contributed by atoms with Crippen molar-refractivity contribution in [3.05, 3.63) is 29.8 Å². The van der Waals surface area contributed by atoms with E-state index >= 15 is 0 Å². The Hall–Kier alpha value is -2.07. The Kier molecular flexibility index (Phi) is 4.42. The number of carbonyl (C=O) groups excluding carboxylic acids is 1. The van der Waals surface area contributed by atoms with Crippen molar-refractivity contribution >= 4 is 21.6 Å². The maximum Gasteiger partial charge on any atom is 0.252 e. The number of carbonyl (C=O) groups is 1. The molecule has 0 aromatic heterocycles. The molecule has 0 unspecified atom stereocenters. The third kappa shape index (κ3) is 3.57. The Morgan fingerprint density at radius 3 is 2.73 bits per heavy atom. The van der Waals surface area contributed by atoms with Crippen LogP contribution in [-0.2, 0) is 10.0 Å². The second-order valence-electron chi connectivity index (χ2n) is 5.84. The molecule has 1 amide bonds. The number of nitrogens with one attached hydrogen (secondary N) is 1. The van der Waals surface area contributed by atoms with Crippen molar-refractivity contribution in [1.29, 1.82) is 5.26 Å². The molecule has 118 valence electrons. The van der Waals surface area contributed by atoms with Crippen molar-refractivity contribution in [3.63, 3.8) is 0 Å². The Morgan fingerprint density at radius 2 is 2.09 bits per heavy atom. The number of amides is 1. The molecule has 1 aliphatic rings. The molecular formula is C15H19N3O3S. The lowest BCUT2D eigenvalue weighted by Gasteiger charge is -2.28. The van der Waals surface area contributed by atoms with E-state index in [1.54, 1.807) is 38.1 Å². The van der Waals surface area contributed by atoms with Gasteiger partial charge in [-0.3, -0.25) is 9.10 Å². The molecule has 22 heavy (non-hydrogen) atoms. The van der Waals surface area contributed by atoms with E-state index in [0.29, 0.717) is 24.2 Å². The SMILES string of the molecule is CC(C)(C#N)NC(=O)c1cccc(N2CCCCS2(=O)=O)c1. The first-order chi connectivity index (χ1) is 10.2. The first-order valence-electron chi connectivity index (χ1n) is 7.09.